The molecule has 6 nitrogen and oxygen atoms in total. The van der Waals surface area contributed by atoms with Crippen LogP contribution < -0.4 is 5.32 Å². The van der Waals surface area contributed by atoms with Crippen molar-refractivity contribution in [2.75, 3.05) is 6.61 Å². The minimum Gasteiger partial charge on any atom is -0.508 e. The molecule has 0 spiro atoms. The summed E-state index contributed by atoms with van der Waals surface area (Å²) in [6, 6.07) is 5.26. The second-order valence-corrected chi connectivity index (χ2v) is 5.35. The molecular formula is C15H19NO5. The summed E-state index contributed by atoms with van der Waals surface area (Å²) < 4.78 is 5.32. The number of carbonyl (C=O) groups is 2. The molecule has 21 heavy (non-hydrogen) atoms. The first-order valence-electron chi connectivity index (χ1n) is 6.88. The SMILES string of the molecule is CC1CC(C(=O)NC(Cc2ccc(O)cc2)C(=O)O)CO1. The second-order valence-electron chi connectivity index (χ2n) is 5.35. The summed E-state index contributed by atoms with van der Waals surface area (Å²) in [7, 11) is 0. The number of amides is 1. The van der Waals surface area contributed by atoms with E-state index in [1.165, 1.54) is 12.1 Å². The molecule has 1 aromatic rings. The summed E-state index contributed by atoms with van der Waals surface area (Å²) in [5, 5.41) is 21.0. The summed E-state index contributed by atoms with van der Waals surface area (Å²) >= 11 is 0. The number of nitrogens with one attached hydrogen (secondary N) is 1. The maximum atomic E-state index is 12.1. The molecule has 3 unspecified atom stereocenters. The van der Waals surface area contributed by atoms with Crippen LogP contribution in [0, 0.1) is 5.92 Å². The van der Waals surface area contributed by atoms with Gasteiger partial charge in [0.1, 0.15) is 11.8 Å². The molecule has 1 fully saturated rings. The number of hydrogen-bond acceptors (Lipinski definition) is 4. The molecule has 114 valence electrons. The van der Waals surface area contributed by atoms with Crippen LogP contribution in [0.15, 0.2) is 24.3 Å². The number of carboxylic acid groups (broad SMARTS) is 1. The number of rotatable bonds is 5. The minimum atomic E-state index is -1.08. The van der Waals surface area contributed by atoms with Crippen molar-refractivity contribution in [2.24, 2.45) is 5.92 Å². The molecule has 6 heteroatoms. The summed E-state index contributed by atoms with van der Waals surface area (Å²) in [5.74, 6) is -1.54. The highest BCUT2D eigenvalue weighted by atomic mass is 16.5. The van der Waals surface area contributed by atoms with Gasteiger partial charge in [-0.05, 0) is 31.0 Å². The number of carboxylic acids is 1. The van der Waals surface area contributed by atoms with Crippen molar-refractivity contribution >= 4 is 11.9 Å². The van der Waals surface area contributed by atoms with Crippen LogP contribution in [-0.2, 0) is 20.7 Å². The van der Waals surface area contributed by atoms with Gasteiger partial charge in [-0.2, -0.15) is 0 Å². The van der Waals surface area contributed by atoms with E-state index in [0.29, 0.717) is 13.0 Å². The number of hydrogen-bond donors (Lipinski definition) is 3. The number of carbonyl (C=O) groups excluding carboxylic acids is 1. The molecule has 1 aromatic carbocycles. The normalized spacial score (nSPS) is 22.7. The predicted octanol–water partition coefficient (Wildman–Crippen LogP) is 0.929. The molecule has 1 aliphatic heterocycles. The number of ether oxygens (including phenoxy) is 1. The van der Waals surface area contributed by atoms with Gasteiger partial charge >= 0.3 is 5.97 Å². The number of benzene rings is 1. The average molecular weight is 293 g/mol. The third kappa shape index (κ3) is 4.19. The van der Waals surface area contributed by atoms with Crippen molar-refractivity contribution in [1.82, 2.24) is 5.32 Å². The van der Waals surface area contributed by atoms with E-state index < -0.39 is 12.0 Å². The fourth-order valence-corrected chi connectivity index (χ4v) is 2.36. The smallest absolute Gasteiger partial charge is 0.326 e. The zero-order chi connectivity index (χ0) is 15.4. The maximum absolute atomic E-state index is 12.1. The lowest BCUT2D eigenvalue weighted by Crippen LogP contribution is -2.45. The zero-order valence-corrected chi connectivity index (χ0v) is 11.8. The molecular weight excluding hydrogens is 274 g/mol. The van der Waals surface area contributed by atoms with Gasteiger partial charge in [0.05, 0.1) is 18.6 Å². The third-order valence-electron chi connectivity index (χ3n) is 3.56. The molecule has 1 aliphatic rings. The van der Waals surface area contributed by atoms with E-state index in [1.54, 1.807) is 12.1 Å². The number of phenols is 1. The van der Waals surface area contributed by atoms with Crippen LogP contribution in [-0.4, -0.2) is 40.8 Å². The Hall–Kier alpha value is -2.08. The number of aromatic hydroxyl groups is 1. The van der Waals surface area contributed by atoms with Crippen LogP contribution >= 0.6 is 0 Å². The summed E-state index contributed by atoms with van der Waals surface area (Å²) in [6.45, 7) is 2.22. The molecule has 0 bridgehead atoms. The summed E-state index contributed by atoms with van der Waals surface area (Å²) in [5.41, 5.74) is 0.733. The molecule has 1 saturated heterocycles. The largest absolute Gasteiger partial charge is 0.508 e. The van der Waals surface area contributed by atoms with Gasteiger partial charge in [0.15, 0.2) is 0 Å². The average Bonchev–Trinajstić information content (AvgIpc) is 2.87. The molecule has 0 saturated carbocycles. The Bertz CT molecular complexity index is 513. The maximum Gasteiger partial charge on any atom is 0.326 e. The van der Waals surface area contributed by atoms with Crippen LogP contribution in [0.2, 0.25) is 0 Å². The van der Waals surface area contributed by atoms with E-state index in [2.05, 4.69) is 5.32 Å². The fourth-order valence-electron chi connectivity index (χ4n) is 2.36. The van der Waals surface area contributed by atoms with Crippen LogP contribution in [0.3, 0.4) is 0 Å². The molecule has 1 heterocycles. The van der Waals surface area contributed by atoms with Crippen LogP contribution in [0.5, 0.6) is 5.75 Å². The molecule has 0 aliphatic carbocycles. The molecule has 2 rings (SSSR count). The van der Waals surface area contributed by atoms with Crippen LogP contribution in [0.4, 0.5) is 0 Å². The monoisotopic (exact) mass is 293 g/mol. The van der Waals surface area contributed by atoms with E-state index >= 15 is 0 Å². The Labute approximate surface area is 122 Å². The van der Waals surface area contributed by atoms with Crippen molar-refractivity contribution in [1.29, 1.82) is 0 Å². The van der Waals surface area contributed by atoms with Gasteiger partial charge < -0.3 is 20.3 Å². The molecule has 3 atom stereocenters. The van der Waals surface area contributed by atoms with Gasteiger partial charge in [-0.3, -0.25) is 4.79 Å². The quantitative estimate of drug-likeness (QED) is 0.750. The van der Waals surface area contributed by atoms with Crippen molar-refractivity contribution in [3.8, 4) is 5.75 Å². The highest BCUT2D eigenvalue weighted by molar-refractivity contribution is 5.85. The predicted molar refractivity (Wildman–Crippen MR) is 74.9 cm³/mol. The Morgan fingerprint density at radius 1 is 1.38 bits per heavy atom. The van der Waals surface area contributed by atoms with E-state index in [-0.39, 0.29) is 30.1 Å². The Morgan fingerprint density at radius 2 is 2.05 bits per heavy atom. The lowest BCUT2D eigenvalue weighted by atomic mass is 10.0. The number of phenolic OH excluding ortho intramolecular Hbond substituents is 1. The van der Waals surface area contributed by atoms with E-state index in [9.17, 15) is 19.8 Å². The van der Waals surface area contributed by atoms with Crippen LogP contribution in [0.1, 0.15) is 18.9 Å². The summed E-state index contributed by atoms with van der Waals surface area (Å²) in [6.07, 6.45) is 0.808. The Kier molecular flexibility index (Phi) is 4.80. The molecule has 0 aromatic heterocycles. The Morgan fingerprint density at radius 3 is 2.57 bits per heavy atom. The van der Waals surface area contributed by atoms with Crippen molar-refractivity contribution in [3.63, 3.8) is 0 Å². The van der Waals surface area contributed by atoms with Gasteiger partial charge in [-0.15, -0.1) is 0 Å². The van der Waals surface area contributed by atoms with E-state index in [0.717, 1.165) is 5.56 Å². The van der Waals surface area contributed by atoms with E-state index in [4.69, 9.17) is 4.74 Å². The number of aliphatic carboxylic acids is 1. The summed E-state index contributed by atoms with van der Waals surface area (Å²) in [4.78, 5) is 23.3. The standard InChI is InChI=1S/C15H19NO5/c1-9-6-11(8-21-9)14(18)16-13(15(19)20)7-10-2-4-12(17)5-3-10/h2-5,9,11,13,17H,6-8H2,1H3,(H,16,18)(H,19,20). The van der Waals surface area contributed by atoms with Crippen molar-refractivity contribution < 1.29 is 24.5 Å². The Balaban J connectivity index is 1.97. The van der Waals surface area contributed by atoms with Crippen molar-refractivity contribution in [3.05, 3.63) is 29.8 Å². The first kappa shape index (κ1) is 15.3. The lowest BCUT2D eigenvalue weighted by molar-refractivity contribution is -0.142. The molecule has 3 N–H and O–H groups in total. The van der Waals surface area contributed by atoms with Gasteiger partial charge in [-0.25, -0.2) is 4.79 Å². The molecule has 0 radical (unpaired) electrons. The van der Waals surface area contributed by atoms with Gasteiger partial charge in [0.2, 0.25) is 5.91 Å². The first-order valence-corrected chi connectivity index (χ1v) is 6.88. The highest BCUT2D eigenvalue weighted by Crippen LogP contribution is 2.19. The second kappa shape index (κ2) is 6.58. The fraction of sp³-hybridized carbons (Fsp3) is 0.467. The van der Waals surface area contributed by atoms with E-state index in [1.807, 2.05) is 6.92 Å². The lowest BCUT2D eigenvalue weighted by Gasteiger charge is -2.17. The minimum absolute atomic E-state index is 0.0288. The molecule has 1 amide bonds. The van der Waals surface area contributed by atoms with Gasteiger partial charge in [0, 0.05) is 6.42 Å². The highest BCUT2D eigenvalue weighted by Gasteiger charge is 2.31. The third-order valence-corrected chi connectivity index (χ3v) is 3.56. The first-order chi connectivity index (χ1) is 9.95. The van der Waals surface area contributed by atoms with Crippen molar-refractivity contribution in [2.45, 2.75) is 31.9 Å². The van der Waals surface area contributed by atoms with Gasteiger partial charge in [0.25, 0.3) is 0 Å². The topological polar surface area (TPSA) is 95.9 Å². The van der Waals surface area contributed by atoms with Crippen LogP contribution in [0.25, 0.3) is 0 Å². The zero-order valence-electron chi connectivity index (χ0n) is 11.8. The van der Waals surface area contributed by atoms with Gasteiger partial charge in [-0.1, -0.05) is 12.1 Å².